The van der Waals surface area contributed by atoms with Gasteiger partial charge >= 0.3 is 5.97 Å². The number of hydrogen-bond acceptors (Lipinski definition) is 5. The average Bonchev–Trinajstić information content (AvgIpc) is 2.02. The first-order valence-corrected chi connectivity index (χ1v) is 3.55. The zero-order valence-electron chi connectivity index (χ0n) is 6.42. The molecule has 0 saturated carbocycles. The molecule has 0 spiro atoms. The summed E-state index contributed by atoms with van der Waals surface area (Å²) in [5, 5.41) is 11.3. The molecule has 64 valence electrons. The molecule has 5 heteroatoms. The number of aliphatic hydroxyl groups is 1. The fraction of sp³-hybridized carbons (Fsp3) is 0.500. The summed E-state index contributed by atoms with van der Waals surface area (Å²) in [6.45, 7) is 1.94. The zero-order chi connectivity index (χ0) is 8.85. The van der Waals surface area contributed by atoms with E-state index in [1.165, 1.54) is 7.05 Å². The summed E-state index contributed by atoms with van der Waals surface area (Å²) in [6.07, 6.45) is 0. The van der Waals surface area contributed by atoms with E-state index in [0.717, 1.165) is 0 Å². The highest BCUT2D eigenvalue weighted by molar-refractivity contribution is 7.85. The summed E-state index contributed by atoms with van der Waals surface area (Å²) >= 11 is 3.73. The van der Waals surface area contributed by atoms with Gasteiger partial charge in [0, 0.05) is 7.05 Å². The molecule has 0 aliphatic heterocycles. The molecule has 0 heterocycles. The van der Waals surface area contributed by atoms with Crippen LogP contribution in [0.15, 0.2) is 10.8 Å². The second kappa shape index (κ2) is 4.90. The van der Waals surface area contributed by atoms with Gasteiger partial charge in [-0.1, -0.05) is 0 Å². The van der Waals surface area contributed by atoms with E-state index in [9.17, 15) is 4.79 Å². The highest BCUT2D eigenvalue weighted by Gasteiger charge is 2.10. The van der Waals surface area contributed by atoms with Crippen LogP contribution in [0.1, 0.15) is 6.92 Å². The Morgan fingerprint density at radius 2 is 2.27 bits per heavy atom. The van der Waals surface area contributed by atoms with Crippen molar-refractivity contribution in [3.63, 3.8) is 0 Å². The van der Waals surface area contributed by atoms with Gasteiger partial charge in [0.2, 0.25) is 5.88 Å². The van der Waals surface area contributed by atoms with Crippen LogP contribution < -0.4 is 5.32 Å². The molecule has 0 amide bonds. The number of ether oxygens (including phenoxy) is 1. The summed E-state index contributed by atoms with van der Waals surface area (Å²) in [6, 6.07) is 0. The Hall–Kier alpha value is -0.840. The van der Waals surface area contributed by atoms with Gasteiger partial charge in [-0.15, -0.1) is 12.6 Å². The SMILES string of the molecule is CCOC(=O)/C(S)=C(\O)NC. The Labute approximate surface area is 70.6 Å². The van der Waals surface area contributed by atoms with Crippen molar-refractivity contribution >= 4 is 18.6 Å². The monoisotopic (exact) mass is 177 g/mol. The fourth-order valence-electron chi connectivity index (χ4n) is 0.415. The number of rotatable bonds is 3. The van der Waals surface area contributed by atoms with Gasteiger partial charge in [-0.05, 0) is 6.92 Å². The fourth-order valence-corrected chi connectivity index (χ4v) is 0.591. The molecule has 0 fully saturated rings. The van der Waals surface area contributed by atoms with Gasteiger partial charge in [-0.25, -0.2) is 4.79 Å². The van der Waals surface area contributed by atoms with E-state index in [4.69, 9.17) is 5.11 Å². The van der Waals surface area contributed by atoms with E-state index in [2.05, 4.69) is 22.7 Å². The van der Waals surface area contributed by atoms with Crippen molar-refractivity contribution in [1.29, 1.82) is 0 Å². The first-order valence-electron chi connectivity index (χ1n) is 3.10. The minimum absolute atomic E-state index is 0.116. The molecule has 11 heavy (non-hydrogen) atoms. The number of nitrogens with one attached hydrogen (secondary N) is 1. The van der Waals surface area contributed by atoms with E-state index in [1.54, 1.807) is 6.92 Å². The Kier molecular flexibility index (Phi) is 4.52. The van der Waals surface area contributed by atoms with Crippen molar-refractivity contribution < 1.29 is 14.6 Å². The topological polar surface area (TPSA) is 58.6 Å². The van der Waals surface area contributed by atoms with E-state index < -0.39 is 5.97 Å². The van der Waals surface area contributed by atoms with Crippen LogP contribution in [0.5, 0.6) is 0 Å². The van der Waals surface area contributed by atoms with Crippen LogP contribution >= 0.6 is 12.6 Å². The Morgan fingerprint density at radius 1 is 1.73 bits per heavy atom. The lowest BCUT2D eigenvalue weighted by Gasteiger charge is -2.03. The van der Waals surface area contributed by atoms with Gasteiger partial charge in [0.25, 0.3) is 0 Å². The van der Waals surface area contributed by atoms with E-state index >= 15 is 0 Å². The van der Waals surface area contributed by atoms with Crippen LogP contribution in [-0.4, -0.2) is 24.7 Å². The van der Waals surface area contributed by atoms with Gasteiger partial charge < -0.3 is 15.2 Å². The third kappa shape index (κ3) is 3.18. The largest absolute Gasteiger partial charge is 0.494 e. The van der Waals surface area contributed by atoms with Gasteiger partial charge in [0.1, 0.15) is 4.91 Å². The highest BCUT2D eigenvalue weighted by atomic mass is 32.1. The molecular weight excluding hydrogens is 166 g/mol. The lowest BCUT2D eigenvalue weighted by atomic mass is 10.5. The number of hydrogen-bond donors (Lipinski definition) is 3. The van der Waals surface area contributed by atoms with Crippen molar-refractivity contribution in [2.24, 2.45) is 0 Å². The van der Waals surface area contributed by atoms with E-state index in [0.29, 0.717) is 0 Å². The van der Waals surface area contributed by atoms with Crippen molar-refractivity contribution in [2.75, 3.05) is 13.7 Å². The standard InChI is InChI=1S/C6H11NO3S/c1-3-10-6(9)4(11)5(8)7-2/h7-8,11H,3H2,1-2H3/b5-4+. The van der Waals surface area contributed by atoms with E-state index in [-0.39, 0.29) is 17.4 Å². The molecule has 0 atom stereocenters. The number of esters is 1. The van der Waals surface area contributed by atoms with Gasteiger partial charge in [-0.2, -0.15) is 0 Å². The van der Waals surface area contributed by atoms with Crippen LogP contribution in [0.3, 0.4) is 0 Å². The number of aliphatic hydroxyl groups excluding tert-OH is 1. The third-order valence-electron chi connectivity index (χ3n) is 0.930. The zero-order valence-corrected chi connectivity index (χ0v) is 7.31. The molecular formula is C6H11NO3S. The predicted molar refractivity (Wildman–Crippen MR) is 44.3 cm³/mol. The summed E-state index contributed by atoms with van der Waals surface area (Å²) < 4.78 is 4.55. The summed E-state index contributed by atoms with van der Waals surface area (Å²) in [5.41, 5.74) is 0. The smallest absolute Gasteiger partial charge is 0.349 e. The Morgan fingerprint density at radius 3 is 2.64 bits per heavy atom. The molecule has 0 aliphatic carbocycles. The normalized spacial score (nSPS) is 11.9. The maximum atomic E-state index is 10.8. The lowest BCUT2D eigenvalue weighted by molar-refractivity contribution is -0.137. The molecule has 0 rings (SSSR count). The molecule has 4 nitrogen and oxygen atoms in total. The van der Waals surface area contributed by atoms with Crippen LogP contribution in [0.4, 0.5) is 0 Å². The summed E-state index contributed by atoms with van der Waals surface area (Å²) in [5.74, 6) is -0.922. The Bertz CT molecular complexity index is 179. The molecule has 0 bridgehead atoms. The van der Waals surface area contributed by atoms with Crippen LogP contribution in [0.25, 0.3) is 0 Å². The number of carbonyl (C=O) groups excluding carboxylic acids is 1. The number of thiol groups is 1. The molecule has 0 aromatic heterocycles. The molecule has 2 N–H and O–H groups in total. The first-order chi connectivity index (χ1) is 5.13. The lowest BCUT2D eigenvalue weighted by Crippen LogP contribution is -2.13. The van der Waals surface area contributed by atoms with Gasteiger partial charge in [-0.3, -0.25) is 0 Å². The van der Waals surface area contributed by atoms with Crippen molar-refractivity contribution in [3.05, 3.63) is 10.8 Å². The minimum Gasteiger partial charge on any atom is -0.494 e. The molecule has 0 unspecified atom stereocenters. The average molecular weight is 177 g/mol. The van der Waals surface area contributed by atoms with Crippen molar-refractivity contribution in [3.8, 4) is 0 Å². The summed E-state index contributed by atoms with van der Waals surface area (Å²) in [7, 11) is 1.48. The third-order valence-corrected chi connectivity index (χ3v) is 1.32. The van der Waals surface area contributed by atoms with Crippen LogP contribution in [0, 0.1) is 0 Å². The second-order valence-electron chi connectivity index (χ2n) is 1.67. The van der Waals surface area contributed by atoms with Crippen LogP contribution in [-0.2, 0) is 9.53 Å². The van der Waals surface area contributed by atoms with Crippen molar-refractivity contribution in [1.82, 2.24) is 5.32 Å². The second-order valence-corrected chi connectivity index (χ2v) is 2.11. The molecule has 0 saturated heterocycles. The summed E-state index contributed by atoms with van der Waals surface area (Å²) in [4.78, 5) is 10.7. The van der Waals surface area contributed by atoms with Crippen molar-refractivity contribution in [2.45, 2.75) is 6.92 Å². The molecule has 0 aromatic rings. The first kappa shape index (κ1) is 10.2. The molecule has 0 aliphatic rings. The molecule has 0 aromatic carbocycles. The minimum atomic E-state index is -0.636. The van der Waals surface area contributed by atoms with Crippen LogP contribution in [0.2, 0.25) is 0 Å². The maximum absolute atomic E-state index is 10.8. The van der Waals surface area contributed by atoms with Gasteiger partial charge in [0.05, 0.1) is 6.61 Å². The van der Waals surface area contributed by atoms with E-state index in [1.807, 2.05) is 0 Å². The maximum Gasteiger partial charge on any atom is 0.349 e. The highest BCUT2D eigenvalue weighted by Crippen LogP contribution is 2.05. The quantitative estimate of drug-likeness (QED) is 0.253. The molecule has 0 radical (unpaired) electrons. The number of carbonyl (C=O) groups is 1. The van der Waals surface area contributed by atoms with Gasteiger partial charge in [0.15, 0.2) is 0 Å². The predicted octanol–water partition coefficient (Wildman–Crippen LogP) is 0.426. The Balaban J connectivity index is 4.22.